The lowest BCUT2D eigenvalue weighted by Gasteiger charge is -2.11. The zero-order valence-corrected chi connectivity index (χ0v) is 12.3. The molecular formula is C20H18O. The molecule has 1 N–H and O–H groups in total. The lowest BCUT2D eigenvalue weighted by Crippen LogP contribution is -1.85. The van der Waals surface area contributed by atoms with Crippen LogP contribution >= 0.6 is 0 Å². The number of rotatable bonds is 2. The summed E-state index contributed by atoms with van der Waals surface area (Å²) in [5, 5.41) is 10.7. The molecule has 0 bridgehead atoms. The molecule has 0 atom stereocenters. The van der Waals surface area contributed by atoms with E-state index in [2.05, 4.69) is 38.1 Å². The number of benzene rings is 3. The van der Waals surface area contributed by atoms with Crippen molar-refractivity contribution in [2.45, 2.75) is 13.8 Å². The van der Waals surface area contributed by atoms with E-state index in [1.54, 1.807) is 0 Å². The second kappa shape index (κ2) is 5.45. The van der Waals surface area contributed by atoms with Crippen LogP contribution in [0.15, 0.2) is 66.7 Å². The Morgan fingerprint density at radius 3 is 1.90 bits per heavy atom. The van der Waals surface area contributed by atoms with Crippen molar-refractivity contribution in [1.29, 1.82) is 0 Å². The van der Waals surface area contributed by atoms with Crippen molar-refractivity contribution >= 4 is 0 Å². The summed E-state index contributed by atoms with van der Waals surface area (Å²) in [6.45, 7) is 4.12. The Hall–Kier alpha value is -2.54. The van der Waals surface area contributed by atoms with Crippen LogP contribution in [0.4, 0.5) is 0 Å². The second-order valence-electron chi connectivity index (χ2n) is 5.44. The molecule has 0 saturated heterocycles. The third kappa shape index (κ3) is 2.68. The van der Waals surface area contributed by atoms with Crippen LogP contribution in [0.5, 0.6) is 5.75 Å². The number of phenols is 1. The molecule has 1 nitrogen and oxygen atoms in total. The van der Waals surface area contributed by atoms with E-state index in [1.807, 2.05) is 42.5 Å². The molecule has 0 aliphatic heterocycles. The van der Waals surface area contributed by atoms with E-state index in [4.69, 9.17) is 0 Å². The molecule has 0 aliphatic carbocycles. The van der Waals surface area contributed by atoms with Gasteiger partial charge in [0, 0.05) is 11.1 Å². The van der Waals surface area contributed by atoms with E-state index in [0.29, 0.717) is 5.75 Å². The number of aryl methyl sites for hydroxylation is 2. The monoisotopic (exact) mass is 274 g/mol. The Morgan fingerprint density at radius 1 is 0.619 bits per heavy atom. The van der Waals surface area contributed by atoms with Gasteiger partial charge in [0.1, 0.15) is 5.75 Å². The summed E-state index contributed by atoms with van der Waals surface area (Å²) in [5.41, 5.74) is 6.22. The van der Waals surface area contributed by atoms with Crippen LogP contribution in [0.3, 0.4) is 0 Å². The zero-order chi connectivity index (χ0) is 14.8. The summed E-state index contributed by atoms with van der Waals surface area (Å²) < 4.78 is 0. The van der Waals surface area contributed by atoms with Gasteiger partial charge in [-0.15, -0.1) is 0 Å². The molecule has 21 heavy (non-hydrogen) atoms. The Bertz CT molecular complexity index is 770. The SMILES string of the molecule is Cc1ccc(-c2cccc(-c3cccc(C)c3)c2O)cc1. The third-order valence-corrected chi connectivity index (χ3v) is 3.73. The van der Waals surface area contributed by atoms with E-state index in [1.165, 1.54) is 11.1 Å². The number of hydrogen-bond donors (Lipinski definition) is 1. The minimum atomic E-state index is 0.340. The molecule has 3 aromatic carbocycles. The highest BCUT2D eigenvalue weighted by atomic mass is 16.3. The zero-order valence-electron chi connectivity index (χ0n) is 12.3. The van der Waals surface area contributed by atoms with Crippen LogP contribution < -0.4 is 0 Å². The average molecular weight is 274 g/mol. The van der Waals surface area contributed by atoms with Gasteiger partial charge in [0.15, 0.2) is 0 Å². The average Bonchev–Trinajstić information content (AvgIpc) is 2.48. The Kier molecular flexibility index (Phi) is 3.49. The molecule has 0 heterocycles. The van der Waals surface area contributed by atoms with Gasteiger partial charge in [-0.2, -0.15) is 0 Å². The lowest BCUT2D eigenvalue weighted by atomic mass is 9.96. The van der Waals surface area contributed by atoms with E-state index >= 15 is 0 Å². The summed E-state index contributed by atoms with van der Waals surface area (Å²) in [6.07, 6.45) is 0. The predicted octanol–water partition coefficient (Wildman–Crippen LogP) is 5.34. The topological polar surface area (TPSA) is 20.2 Å². The Balaban J connectivity index is 2.13. The molecule has 0 amide bonds. The number of aromatic hydroxyl groups is 1. The largest absolute Gasteiger partial charge is 0.507 e. The van der Waals surface area contributed by atoms with Crippen molar-refractivity contribution in [3.8, 4) is 28.0 Å². The maximum Gasteiger partial charge on any atom is 0.131 e. The van der Waals surface area contributed by atoms with Gasteiger partial charge >= 0.3 is 0 Å². The lowest BCUT2D eigenvalue weighted by molar-refractivity contribution is 0.479. The minimum absolute atomic E-state index is 0.340. The first kappa shape index (κ1) is 13.4. The van der Waals surface area contributed by atoms with Crippen LogP contribution in [0, 0.1) is 13.8 Å². The number of hydrogen-bond acceptors (Lipinski definition) is 1. The molecule has 0 fully saturated rings. The molecule has 3 aromatic rings. The summed E-state index contributed by atoms with van der Waals surface area (Å²) in [7, 11) is 0. The fourth-order valence-electron chi connectivity index (χ4n) is 2.56. The predicted molar refractivity (Wildman–Crippen MR) is 88.5 cm³/mol. The molecule has 104 valence electrons. The van der Waals surface area contributed by atoms with Crippen molar-refractivity contribution in [3.05, 3.63) is 77.9 Å². The molecule has 1 heteroatoms. The molecule has 3 rings (SSSR count). The second-order valence-corrected chi connectivity index (χ2v) is 5.44. The highest BCUT2D eigenvalue weighted by molar-refractivity contribution is 5.82. The molecule has 0 radical (unpaired) electrons. The molecule has 0 aromatic heterocycles. The van der Waals surface area contributed by atoms with Gasteiger partial charge in [0.25, 0.3) is 0 Å². The smallest absolute Gasteiger partial charge is 0.131 e. The van der Waals surface area contributed by atoms with Crippen LogP contribution in [0.1, 0.15) is 11.1 Å². The fourth-order valence-corrected chi connectivity index (χ4v) is 2.56. The van der Waals surface area contributed by atoms with Gasteiger partial charge in [-0.05, 0) is 25.0 Å². The van der Waals surface area contributed by atoms with Gasteiger partial charge in [-0.3, -0.25) is 0 Å². The van der Waals surface area contributed by atoms with Crippen LogP contribution in [-0.4, -0.2) is 5.11 Å². The van der Waals surface area contributed by atoms with Gasteiger partial charge in [0.05, 0.1) is 0 Å². The first-order chi connectivity index (χ1) is 10.1. The maximum absolute atomic E-state index is 10.7. The molecule has 0 unspecified atom stereocenters. The highest BCUT2D eigenvalue weighted by Crippen LogP contribution is 2.38. The Labute approximate surface area is 125 Å². The molecule has 0 saturated carbocycles. The summed E-state index contributed by atoms with van der Waals surface area (Å²) >= 11 is 0. The van der Waals surface area contributed by atoms with E-state index in [-0.39, 0.29) is 0 Å². The first-order valence-electron chi connectivity index (χ1n) is 7.11. The van der Waals surface area contributed by atoms with Crippen LogP contribution in [0.25, 0.3) is 22.3 Å². The van der Waals surface area contributed by atoms with Crippen molar-refractivity contribution in [1.82, 2.24) is 0 Å². The van der Waals surface area contributed by atoms with Gasteiger partial charge in [0.2, 0.25) is 0 Å². The van der Waals surface area contributed by atoms with Crippen molar-refractivity contribution in [2.24, 2.45) is 0 Å². The summed E-state index contributed by atoms with van der Waals surface area (Å²) in [5.74, 6) is 0.340. The first-order valence-corrected chi connectivity index (χ1v) is 7.11. The number of phenolic OH excluding ortho intramolecular Hbond substituents is 1. The van der Waals surface area contributed by atoms with Gasteiger partial charge in [-0.25, -0.2) is 0 Å². The van der Waals surface area contributed by atoms with Crippen molar-refractivity contribution in [3.63, 3.8) is 0 Å². The third-order valence-electron chi connectivity index (χ3n) is 3.73. The van der Waals surface area contributed by atoms with Crippen molar-refractivity contribution in [2.75, 3.05) is 0 Å². The Morgan fingerprint density at radius 2 is 1.24 bits per heavy atom. The van der Waals surface area contributed by atoms with Crippen LogP contribution in [0.2, 0.25) is 0 Å². The normalized spacial score (nSPS) is 10.6. The summed E-state index contributed by atoms with van der Waals surface area (Å²) in [4.78, 5) is 0. The maximum atomic E-state index is 10.7. The van der Waals surface area contributed by atoms with E-state index in [0.717, 1.165) is 22.3 Å². The minimum Gasteiger partial charge on any atom is -0.507 e. The van der Waals surface area contributed by atoms with Crippen LogP contribution in [-0.2, 0) is 0 Å². The molecule has 0 spiro atoms. The number of para-hydroxylation sites is 1. The standard InChI is InChI=1S/C20H18O/c1-14-9-11-16(12-10-14)18-7-4-8-19(20(18)21)17-6-3-5-15(2)13-17/h3-13,21H,1-2H3. The van der Waals surface area contributed by atoms with E-state index in [9.17, 15) is 5.11 Å². The highest BCUT2D eigenvalue weighted by Gasteiger charge is 2.10. The van der Waals surface area contributed by atoms with Gasteiger partial charge < -0.3 is 5.11 Å². The van der Waals surface area contributed by atoms with Crippen molar-refractivity contribution < 1.29 is 5.11 Å². The fraction of sp³-hybridized carbons (Fsp3) is 0.100. The molecular weight excluding hydrogens is 256 g/mol. The van der Waals surface area contributed by atoms with Gasteiger partial charge in [-0.1, -0.05) is 77.9 Å². The quantitative estimate of drug-likeness (QED) is 0.668. The van der Waals surface area contributed by atoms with E-state index < -0.39 is 0 Å². The molecule has 0 aliphatic rings. The summed E-state index contributed by atoms with van der Waals surface area (Å²) in [6, 6.07) is 22.3.